The smallest absolute Gasteiger partial charge is 0.118 e. The van der Waals surface area contributed by atoms with Gasteiger partial charge < -0.3 is 10.1 Å². The molecule has 0 heterocycles. The third kappa shape index (κ3) is 4.88. The summed E-state index contributed by atoms with van der Waals surface area (Å²) in [6.07, 6.45) is 0.955. The Balaban J connectivity index is 2.26. The number of nitrogens with one attached hydrogen (secondary N) is 1. The Hall–Kier alpha value is -0.700. The SMILES string of the molecule is COc1ccc(CCNCC(Cl)=CCl)cc1. The minimum Gasteiger partial charge on any atom is -0.497 e. The monoisotopic (exact) mass is 259 g/mol. The van der Waals surface area contributed by atoms with E-state index in [-0.39, 0.29) is 0 Å². The molecular weight excluding hydrogens is 245 g/mol. The summed E-state index contributed by atoms with van der Waals surface area (Å²) in [5.74, 6) is 0.879. The third-order valence-corrected chi connectivity index (χ3v) is 2.78. The van der Waals surface area contributed by atoms with E-state index in [4.69, 9.17) is 27.9 Å². The molecule has 0 spiro atoms. The van der Waals surface area contributed by atoms with Crippen LogP contribution in [0, 0.1) is 0 Å². The summed E-state index contributed by atoms with van der Waals surface area (Å²) >= 11 is 11.2. The summed E-state index contributed by atoms with van der Waals surface area (Å²) in [5, 5.41) is 3.82. The first-order valence-corrected chi connectivity index (χ1v) is 5.86. The van der Waals surface area contributed by atoms with Gasteiger partial charge in [0.15, 0.2) is 0 Å². The van der Waals surface area contributed by atoms with E-state index in [0.717, 1.165) is 18.7 Å². The highest BCUT2D eigenvalue weighted by Crippen LogP contribution is 2.11. The van der Waals surface area contributed by atoms with Crippen LogP contribution < -0.4 is 10.1 Å². The lowest BCUT2D eigenvalue weighted by atomic mass is 10.1. The van der Waals surface area contributed by atoms with Crippen molar-refractivity contribution in [3.05, 3.63) is 40.4 Å². The molecule has 0 fully saturated rings. The number of hydrogen-bond acceptors (Lipinski definition) is 2. The minimum absolute atomic E-state index is 0.612. The van der Waals surface area contributed by atoms with Crippen LogP contribution in [0.2, 0.25) is 0 Å². The Morgan fingerprint density at radius 3 is 2.62 bits per heavy atom. The van der Waals surface area contributed by atoms with Crippen molar-refractivity contribution in [3.8, 4) is 5.75 Å². The van der Waals surface area contributed by atoms with E-state index in [1.165, 1.54) is 11.1 Å². The molecule has 0 aliphatic carbocycles. The fourth-order valence-electron chi connectivity index (χ4n) is 1.27. The van der Waals surface area contributed by atoms with Crippen LogP contribution in [-0.4, -0.2) is 20.2 Å². The Morgan fingerprint density at radius 2 is 2.06 bits per heavy atom. The lowest BCUT2D eigenvalue weighted by Crippen LogP contribution is -2.18. The molecule has 0 saturated carbocycles. The molecule has 1 N–H and O–H groups in total. The van der Waals surface area contributed by atoms with Crippen LogP contribution in [0.4, 0.5) is 0 Å². The van der Waals surface area contributed by atoms with Crippen molar-refractivity contribution >= 4 is 23.2 Å². The molecule has 0 radical (unpaired) electrons. The molecule has 0 unspecified atom stereocenters. The Morgan fingerprint density at radius 1 is 1.38 bits per heavy atom. The molecular formula is C12H15Cl2NO. The van der Waals surface area contributed by atoms with Crippen LogP contribution in [0.3, 0.4) is 0 Å². The van der Waals surface area contributed by atoms with Crippen molar-refractivity contribution in [3.63, 3.8) is 0 Å². The zero-order chi connectivity index (χ0) is 11.8. The number of ether oxygens (including phenoxy) is 1. The summed E-state index contributed by atoms with van der Waals surface area (Å²) in [6, 6.07) is 8.03. The first-order chi connectivity index (χ1) is 7.76. The van der Waals surface area contributed by atoms with Crippen molar-refractivity contribution in [2.75, 3.05) is 20.2 Å². The highest BCUT2D eigenvalue weighted by Gasteiger charge is 1.95. The molecule has 0 amide bonds. The molecule has 2 nitrogen and oxygen atoms in total. The van der Waals surface area contributed by atoms with Crippen molar-refractivity contribution in [1.29, 1.82) is 0 Å². The van der Waals surface area contributed by atoms with Gasteiger partial charge in [0.05, 0.1) is 7.11 Å². The zero-order valence-electron chi connectivity index (χ0n) is 9.17. The maximum Gasteiger partial charge on any atom is 0.118 e. The molecule has 0 aromatic heterocycles. The second kappa shape index (κ2) is 7.55. The summed E-state index contributed by atoms with van der Waals surface area (Å²) < 4.78 is 5.09. The average molecular weight is 260 g/mol. The van der Waals surface area contributed by atoms with Crippen LogP contribution in [0.1, 0.15) is 5.56 Å². The van der Waals surface area contributed by atoms with E-state index in [2.05, 4.69) is 17.4 Å². The molecule has 16 heavy (non-hydrogen) atoms. The van der Waals surface area contributed by atoms with E-state index in [1.807, 2.05) is 12.1 Å². The fourth-order valence-corrected chi connectivity index (χ4v) is 1.44. The van der Waals surface area contributed by atoms with E-state index in [0.29, 0.717) is 11.6 Å². The number of methoxy groups -OCH3 is 1. The maximum atomic E-state index is 5.74. The first kappa shape index (κ1) is 13.4. The summed E-state index contributed by atoms with van der Waals surface area (Å²) in [6.45, 7) is 1.48. The van der Waals surface area contributed by atoms with Crippen molar-refractivity contribution in [1.82, 2.24) is 5.32 Å². The molecule has 1 aromatic rings. The van der Waals surface area contributed by atoms with Gasteiger partial charge in [0, 0.05) is 17.1 Å². The summed E-state index contributed by atoms with van der Waals surface area (Å²) in [4.78, 5) is 0. The normalized spacial score (nSPS) is 11.6. The molecule has 4 heteroatoms. The highest BCUT2D eigenvalue weighted by atomic mass is 35.5. The number of hydrogen-bond donors (Lipinski definition) is 1. The third-order valence-electron chi connectivity index (χ3n) is 2.16. The largest absolute Gasteiger partial charge is 0.497 e. The van der Waals surface area contributed by atoms with Gasteiger partial charge in [-0.15, -0.1) is 0 Å². The van der Waals surface area contributed by atoms with Gasteiger partial charge >= 0.3 is 0 Å². The van der Waals surface area contributed by atoms with Gasteiger partial charge in [0.25, 0.3) is 0 Å². The molecule has 0 aliphatic heterocycles. The van der Waals surface area contributed by atoms with Gasteiger partial charge in [-0.1, -0.05) is 35.3 Å². The minimum atomic E-state index is 0.612. The van der Waals surface area contributed by atoms with Gasteiger partial charge in [-0.2, -0.15) is 0 Å². The molecule has 1 rings (SSSR count). The number of rotatable bonds is 6. The van der Waals surface area contributed by atoms with E-state index < -0.39 is 0 Å². The lowest BCUT2D eigenvalue weighted by Gasteiger charge is -2.05. The predicted molar refractivity (Wildman–Crippen MR) is 69.4 cm³/mol. The van der Waals surface area contributed by atoms with Crippen LogP contribution in [0.15, 0.2) is 34.8 Å². The summed E-state index contributed by atoms with van der Waals surface area (Å²) in [7, 11) is 1.66. The standard InChI is InChI=1S/C12H15Cl2NO/c1-16-12-4-2-10(3-5-12)6-7-15-9-11(14)8-13/h2-5,8,15H,6-7,9H2,1H3. The van der Waals surface area contributed by atoms with Gasteiger partial charge in [0.2, 0.25) is 0 Å². The van der Waals surface area contributed by atoms with Gasteiger partial charge in [-0.3, -0.25) is 0 Å². The van der Waals surface area contributed by atoms with E-state index in [9.17, 15) is 0 Å². The molecule has 0 atom stereocenters. The highest BCUT2D eigenvalue weighted by molar-refractivity contribution is 6.36. The van der Waals surface area contributed by atoms with Crippen LogP contribution in [0.25, 0.3) is 0 Å². The average Bonchev–Trinajstić information content (AvgIpc) is 2.35. The molecule has 0 aliphatic rings. The van der Waals surface area contributed by atoms with Gasteiger partial charge in [-0.05, 0) is 30.7 Å². The number of benzene rings is 1. The Kier molecular flexibility index (Phi) is 6.31. The topological polar surface area (TPSA) is 21.3 Å². The fraction of sp³-hybridized carbons (Fsp3) is 0.333. The van der Waals surface area contributed by atoms with Crippen LogP contribution in [0.5, 0.6) is 5.75 Å². The zero-order valence-corrected chi connectivity index (χ0v) is 10.7. The maximum absolute atomic E-state index is 5.74. The quantitative estimate of drug-likeness (QED) is 0.793. The Labute approximate surface area is 106 Å². The molecule has 0 bridgehead atoms. The van der Waals surface area contributed by atoms with E-state index in [1.54, 1.807) is 7.11 Å². The predicted octanol–water partition coefficient (Wildman–Crippen LogP) is 3.15. The van der Waals surface area contributed by atoms with Crippen molar-refractivity contribution < 1.29 is 4.74 Å². The second-order valence-electron chi connectivity index (χ2n) is 3.33. The lowest BCUT2D eigenvalue weighted by molar-refractivity contribution is 0.414. The van der Waals surface area contributed by atoms with Crippen molar-refractivity contribution in [2.24, 2.45) is 0 Å². The molecule has 0 saturated heterocycles. The van der Waals surface area contributed by atoms with Gasteiger partial charge in [-0.25, -0.2) is 0 Å². The van der Waals surface area contributed by atoms with Crippen LogP contribution >= 0.6 is 23.2 Å². The Bertz CT molecular complexity index is 335. The summed E-state index contributed by atoms with van der Waals surface area (Å²) in [5.41, 5.74) is 2.64. The van der Waals surface area contributed by atoms with Crippen molar-refractivity contribution in [2.45, 2.75) is 6.42 Å². The first-order valence-electron chi connectivity index (χ1n) is 5.04. The molecule has 1 aromatic carbocycles. The number of halogens is 2. The van der Waals surface area contributed by atoms with Gasteiger partial charge in [0.1, 0.15) is 5.75 Å². The van der Waals surface area contributed by atoms with Crippen LogP contribution in [-0.2, 0) is 6.42 Å². The van der Waals surface area contributed by atoms with E-state index >= 15 is 0 Å². The molecule has 88 valence electrons. The second-order valence-corrected chi connectivity index (χ2v) is 4.03.